The maximum absolute atomic E-state index is 6.25. The summed E-state index contributed by atoms with van der Waals surface area (Å²) in [6.45, 7) is 3.81. The molecule has 0 aliphatic rings. The van der Waals surface area contributed by atoms with Crippen molar-refractivity contribution in [1.29, 1.82) is 0 Å². The van der Waals surface area contributed by atoms with Gasteiger partial charge in [0.1, 0.15) is 29.2 Å². The molecule has 9 heteroatoms. The van der Waals surface area contributed by atoms with Gasteiger partial charge in [-0.1, -0.05) is 64.9 Å². The summed E-state index contributed by atoms with van der Waals surface area (Å²) < 4.78 is 17.0. The van der Waals surface area contributed by atoms with Crippen molar-refractivity contribution in [3.63, 3.8) is 0 Å². The normalized spacial score (nSPS) is 10.8. The van der Waals surface area contributed by atoms with Gasteiger partial charge in [-0.15, -0.1) is 0 Å². The number of halogens is 4. The van der Waals surface area contributed by atoms with Gasteiger partial charge in [-0.2, -0.15) is 0 Å². The topological polar surface area (TPSA) is 49.3 Å². The summed E-state index contributed by atoms with van der Waals surface area (Å²) in [5.74, 6) is 1.65. The van der Waals surface area contributed by atoms with E-state index in [1.807, 2.05) is 24.3 Å². The first-order chi connectivity index (χ1) is 15.5. The molecule has 0 heterocycles. The van der Waals surface area contributed by atoms with Crippen molar-refractivity contribution in [2.45, 2.75) is 26.2 Å². The van der Waals surface area contributed by atoms with Crippen molar-refractivity contribution in [2.75, 3.05) is 26.4 Å². The van der Waals surface area contributed by atoms with E-state index < -0.39 is 0 Å². The second kappa shape index (κ2) is 15.1. The smallest absolute Gasteiger partial charge is 0.156 e. The monoisotopic (exact) mass is 519 g/mol. The summed E-state index contributed by atoms with van der Waals surface area (Å²) in [5, 5.41) is 4.64. The van der Waals surface area contributed by atoms with Gasteiger partial charge in [-0.05, 0) is 42.3 Å². The SMILES string of the molecule is CCCCON=Cc1ccc(OCCCOc2c(Cl)cc(OCC=C(Cl)Cl)cc2Cl)cc1. The summed E-state index contributed by atoms with van der Waals surface area (Å²) in [4.78, 5) is 5.17. The van der Waals surface area contributed by atoms with Gasteiger partial charge < -0.3 is 19.0 Å². The Balaban J connectivity index is 1.71. The van der Waals surface area contributed by atoms with E-state index in [4.69, 9.17) is 65.5 Å². The van der Waals surface area contributed by atoms with Gasteiger partial charge in [0.15, 0.2) is 5.75 Å². The molecule has 0 aliphatic carbocycles. The Hall–Kier alpha value is -1.79. The second-order valence-electron chi connectivity index (χ2n) is 6.56. The standard InChI is InChI=1S/C23H25Cl4NO4/c1-2-3-12-32-28-16-17-5-7-18(8-6-17)29-10-4-11-31-23-20(24)14-19(15-21(23)25)30-13-9-22(26)27/h5-9,14-16H,2-4,10-13H2,1H3. The molecule has 32 heavy (non-hydrogen) atoms. The average molecular weight is 521 g/mol. The number of benzene rings is 2. The van der Waals surface area contributed by atoms with Crippen molar-refractivity contribution < 1.29 is 19.0 Å². The minimum Gasteiger partial charge on any atom is -0.493 e. The summed E-state index contributed by atoms with van der Waals surface area (Å²) in [5.41, 5.74) is 0.940. The van der Waals surface area contributed by atoms with E-state index in [2.05, 4.69) is 12.1 Å². The van der Waals surface area contributed by atoms with E-state index >= 15 is 0 Å². The molecule has 0 aliphatic heterocycles. The van der Waals surface area contributed by atoms with Crippen LogP contribution in [0, 0.1) is 0 Å². The third-order valence-corrected chi connectivity index (χ3v) is 4.88. The fraction of sp³-hybridized carbons (Fsp3) is 0.348. The van der Waals surface area contributed by atoms with Crippen LogP contribution in [-0.4, -0.2) is 32.6 Å². The number of oxime groups is 1. The van der Waals surface area contributed by atoms with Crippen molar-refractivity contribution in [2.24, 2.45) is 5.16 Å². The quantitative estimate of drug-likeness (QED) is 0.145. The lowest BCUT2D eigenvalue weighted by molar-refractivity contribution is 0.143. The first kappa shape index (κ1) is 26.5. The van der Waals surface area contributed by atoms with E-state index in [1.165, 1.54) is 6.08 Å². The molecule has 0 N–H and O–H groups in total. The molecule has 0 fully saturated rings. The van der Waals surface area contributed by atoms with Gasteiger partial charge in [-0.25, -0.2) is 0 Å². The minimum atomic E-state index is 0.126. The van der Waals surface area contributed by atoms with E-state index in [9.17, 15) is 0 Å². The fourth-order valence-electron chi connectivity index (χ4n) is 2.39. The number of ether oxygens (including phenoxy) is 3. The number of nitrogens with zero attached hydrogens (tertiary/aromatic N) is 1. The van der Waals surface area contributed by atoms with Crippen LogP contribution < -0.4 is 14.2 Å². The highest BCUT2D eigenvalue weighted by Gasteiger charge is 2.10. The lowest BCUT2D eigenvalue weighted by atomic mass is 10.2. The highest BCUT2D eigenvalue weighted by molar-refractivity contribution is 6.55. The molecule has 2 aromatic carbocycles. The van der Waals surface area contributed by atoms with Crippen molar-refractivity contribution in [3.8, 4) is 17.2 Å². The maximum Gasteiger partial charge on any atom is 0.156 e. The number of unbranched alkanes of at least 4 members (excludes halogenated alkanes) is 1. The minimum absolute atomic E-state index is 0.126. The molecular formula is C23H25Cl4NO4. The van der Waals surface area contributed by atoms with E-state index in [0.29, 0.717) is 47.8 Å². The molecule has 2 rings (SSSR count). The summed E-state index contributed by atoms with van der Waals surface area (Å²) in [6, 6.07) is 10.8. The van der Waals surface area contributed by atoms with Gasteiger partial charge in [0, 0.05) is 18.6 Å². The zero-order chi connectivity index (χ0) is 23.2. The Kier molecular flexibility index (Phi) is 12.5. The van der Waals surface area contributed by atoms with E-state index in [-0.39, 0.29) is 11.1 Å². The Morgan fingerprint density at radius 3 is 2.22 bits per heavy atom. The third-order valence-electron chi connectivity index (χ3n) is 4.01. The number of rotatable bonds is 14. The van der Waals surface area contributed by atoms with Gasteiger partial charge in [-0.3, -0.25) is 0 Å². The summed E-state index contributed by atoms with van der Waals surface area (Å²) in [6.07, 6.45) is 5.92. The van der Waals surface area contributed by atoms with Crippen LogP contribution in [-0.2, 0) is 4.84 Å². The Morgan fingerprint density at radius 2 is 1.56 bits per heavy atom. The van der Waals surface area contributed by atoms with Crippen LogP contribution in [0.1, 0.15) is 31.7 Å². The predicted octanol–water partition coefficient (Wildman–Crippen LogP) is 7.69. The van der Waals surface area contributed by atoms with Gasteiger partial charge in [0.05, 0.1) is 29.5 Å². The van der Waals surface area contributed by atoms with Crippen LogP contribution in [0.3, 0.4) is 0 Å². The molecule has 5 nitrogen and oxygen atoms in total. The molecule has 0 atom stereocenters. The van der Waals surface area contributed by atoms with E-state index in [0.717, 1.165) is 24.2 Å². The third kappa shape index (κ3) is 10.2. The zero-order valence-corrected chi connectivity index (χ0v) is 20.7. The fourth-order valence-corrected chi connectivity index (χ4v) is 3.09. The van der Waals surface area contributed by atoms with Gasteiger partial charge in [0.25, 0.3) is 0 Å². The molecule has 0 aromatic heterocycles. The molecule has 0 saturated heterocycles. The van der Waals surface area contributed by atoms with Crippen LogP contribution in [0.15, 0.2) is 52.1 Å². The van der Waals surface area contributed by atoms with Crippen molar-refractivity contribution in [1.82, 2.24) is 0 Å². The Bertz CT molecular complexity index is 861. The first-order valence-electron chi connectivity index (χ1n) is 10.1. The molecule has 0 radical (unpaired) electrons. The molecular weight excluding hydrogens is 496 g/mol. The number of hydrogen-bond acceptors (Lipinski definition) is 5. The van der Waals surface area contributed by atoms with Crippen LogP contribution in [0.5, 0.6) is 17.2 Å². The largest absolute Gasteiger partial charge is 0.493 e. The van der Waals surface area contributed by atoms with Crippen molar-refractivity contribution in [3.05, 3.63) is 62.6 Å². The predicted molar refractivity (Wildman–Crippen MR) is 132 cm³/mol. The van der Waals surface area contributed by atoms with Crippen LogP contribution >= 0.6 is 46.4 Å². The van der Waals surface area contributed by atoms with Crippen molar-refractivity contribution >= 4 is 52.6 Å². The zero-order valence-electron chi connectivity index (χ0n) is 17.7. The summed E-state index contributed by atoms with van der Waals surface area (Å²) >= 11 is 23.6. The lowest BCUT2D eigenvalue weighted by Gasteiger charge is -2.12. The second-order valence-corrected chi connectivity index (χ2v) is 8.38. The lowest BCUT2D eigenvalue weighted by Crippen LogP contribution is -2.06. The van der Waals surface area contributed by atoms with E-state index in [1.54, 1.807) is 18.3 Å². The molecule has 0 bridgehead atoms. The molecule has 174 valence electrons. The van der Waals surface area contributed by atoms with Crippen LogP contribution in [0.4, 0.5) is 0 Å². The highest BCUT2D eigenvalue weighted by Crippen LogP contribution is 2.37. The maximum atomic E-state index is 6.25. The van der Waals surface area contributed by atoms with Crippen LogP contribution in [0.25, 0.3) is 0 Å². The molecule has 0 unspecified atom stereocenters. The average Bonchev–Trinajstić information content (AvgIpc) is 2.75. The van der Waals surface area contributed by atoms with Crippen LogP contribution in [0.2, 0.25) is 10.0 Å². The molecule has 0 spiro atoms. The number of hydrogen-bond donors (Lipinski definition) is 0. The molecule has 0 saturated carbocycles. The Labute approximate surface area is 208 Å². The highest BCUT2D eigenvalue weighted by atomic mass is 35.5. The molecule has 2 aromatic rings. The summed E-state index contributed by atoms with van der Waals surface area (Å²) in [7, 11) is 0. The first-order valence-corrected chi connectivity index (χ1v) is 11.6. The van der Waals surface area contributed by atoms with Gasteiger partial charge >= 0.3 is 0 Å². The molecule has 0 amide bonds. The van der Waals surface area contributed by atoms with Gasteiger partial charge in [0.2, 0.25) is 0 Å². The Morgan fingerprint density at radius 1 is 0.875 bits per heavy atom.